The summed E-state index contributed by atoms with van der Waals surface area (Å²) in [6.07, 6.45) is 5.58. The Kier molecular flexibility index (Phi) is 8.09. The lowest BCUT2D eigenvalue weighted by molar-refractivity contribution is -0.385. The van der Waals surface area contributed by atoms with Crippen molar-refractivity contribution >= 4 is 29.5 Å². The van der Waals surface area contributed by atoms with E-state index in [0.717, 1.165) is 37.7 Å². The zero-order valence-corrected chi connectivity index (χ0v) is 21.6. The highest BCUT2D eigenvalue weighted by Gasteiger charge is 2.43. The number of amides is 2. The van der Waals surface area contributed by atoms with Gasteiger partial charge >= 0.3 is 5.97 Å². The van der Waals surface area contributed by atoms with Gasteiger partial charge in [-0.25, -0.2) is 4.79 Å². The molecule has 10 nitrogen and oxygen atoms in total. The molecule has 4 rings (SSSR count). The number of para-hydroxylation sites is 1. The first-order valence-electron chi connectivity index (χ1n) is 12.6. The van der Waals surface area contributed by atoms with E-state index in [9.17, 15) is 24.5 Å². The van der Waals surface area contributed by atoms with E-state index in [1.54, 1.807) is 17.1 Å². The molecule has 2 fully saturated rings. The van der Waals surface area contributed by atoms with Gasteiger partial charge in [-0.2, -0.15) is 0 Å². The molecule has 0 saturated carbocycles. The second-order valence-corrected chi connectivity index (χ2v) is 9.55. The second kappa shape index (κ2) is 11.5. The van der Waals surface area contributed by atoms with Crippen molar-refractivity contribution in [1.82, 2.24) is 9.80 Å². The molecule has 2 aromatic carbocycles. The van der Waals surface area contributed by atoms with Crippen LogP contribution in [0, 0.1) is 15.5 Å². The van der Waals surface area contributed by atoms with E-state index in [2.05, 4.69) is 0 Å². The van der Waals surface area contributed by atoms with Crippen molar-refractivity contribution in [2.45, 2.75) is 26.2 Å². The Hall–Kier alpha value is -4.21. The predicted molar refractivity (Wildman–Crippen MR) is 140 cm³/mol. The van der Waals surface area contributed by atoms with Crippen LogP contribution in [-0.4, -0.2) is 72.4 Å². The van der Waals surface area contributed by atoms with E-state index in [1.807, 2.05) is 36.1 Å². The molecule has 0 atom stereocenters. The molecule has 2 saturated heterocycles. The van der Waals surface area contributed by atoms with Crippen LogP contribution in [0.5, 0.6) is 5.75 Å². The third-order valence-electron chi connectivity index (χ3n) is 7.34. The largest absolute Gasteiger partial charge is 0.493 e. The van der Waals surface area contributed by atoms with Gasteiger partial charge in [0, 0.05) is 43.9 Å². The summed E-state index contributed by atoms with van der Waals surface area (Å²) < 4.78 is 10.3. The maximum atomic E-state index is 13.4. The lowest BCUT2D eigenvalue weighted by atomic mass is 9.77. The highest BCUT2D eigenvalue weighted by Crippen LogP contribution is 2.41. The van der Waals surface area contributed by atoms with Crippen LogP contribution in [0.2, 0.25) is 0 Å². The highest BCUT2D eigenvalue weighted by molar-refractivity contribution is 6.08. The first kappa shape index (κ1) is 26.8. The van der Waals surface area contributed by atoms with Gasteiger partial charge in [0.25, 0.3) is 11.6 Å². The third-order valence-corrected chi connectivity index (χ3v) is 7.34. The summed E-state index contributed by atoms with van der Waals surface area (Å²) in [6.45, 7) is 4.54. The number of piperidine rings is 1. The Balaban J connectivity index is 1.41. The third kappa shape index (κ3) is 5.53. The number of carbonyl (C=O) groups is 3. The number of ether oxygens (including phenoxy) is 2. The summed E-state index contributed by atoms with van der Waals surface area (Å²) >= 11 is 0. The lowest BCUT2D eigenvalue weighted by Crippen LogP contribution is -2.44. The van der Waals surface area contributed by atoms with Crippen LogP contribution in [0.25, 0.3) is 6.08 Å². The zero-order chi connectivity index (χ0) is 27.3. The van der Waals surface area contributed by atoms with Crippen molar-refractivity contribution < 1.29 is 28.8 Å². The minimum absolute atomic E-state index is 0.0341. The first-order valence-corrected chi connectivity index (χ1v) is 12.6. The van der Waals surface area contributed by atoms with Gasteiger partial charge in [0.05, 0.1) is 24.2 Å². The van der Waals surface area contributed by atoms with Gasteiger partial charge in [-0.05, 0) is 49.8 Å². The number of carbonyl (C=O) groups excluding carboxylic acids is 3. The van der Waals surface area contributed by atoms with Crippen molar-refractivity contribution in [3.63, 3.8) is 0 Å². The Labute approximate surface area is 221 Å². The number of nitro benzene ring substituents is 1. The van der Waals surface area contributed by atoms with E-state index in [0.29, 0.717) is 32.8 Å². The van der Waals surface area contributed by atoms with Crippen molar-refractivity contribution in [3.05, 3.63) is 75.3 Å². The van der Waals surface area contributed by atoms with Crippen LogP contribution in [0.3, 0.4) is 0 Å². The van der Waals surface area contributed by atoms with Crippen LogP contribution in [0.15, 0.2) is 48.5 Å². The molecule has 2 aliphatic rings. The van der Waals surface area contributed by atoms with Crippen molar-refractivity contribution in [3.8, 4) is 5.75 Å². The molecular weight excluding hydrogens is 490 g/mol. The molecule has 38 heavy (non-hydrogen) atoms. The molecule has 0 radical (unpaired) electrons. The maximum Gasteiger partial charge on any atom is 0.345 e. The van der Waals surface area contributed by atoms with E-state index in [4.69, 9.17) is 9.47 Å². The number of benzene rings is 2. The Morgan fingerprint density at radius 2 is 1.71 bits per heavy atom. The lowest BCUT2D eigenvalue weighted by Gasteiger charge is -2.39. The summed E-state index contributed by atoms with van der Waals surface area (Å²) in [4.78, 5) is 52.8. The number of rotatable bonds is 7. The molecular formula is C28H31N3O7. The van der Waals surface area contributed by atoms with Gasteiger partial charge in [-0.3, -0.25) is 19.7 Å². The fraction of sp³-hybridized carbons (Fsp3) is 0.393. The average molecular weight is 522 g/mol. The summed E-state index contributed by atoms with van der Waals surface area (Å²) in [7, 11) is 1.13. The Morgan fingerprint density at radius 1 is 1.03 bits per heavy atom. The maximum absolute atomic E-state index is 13.4. The van der Waals surface area contributed by atoms with Gasteiger partial charge in [0.1, 0.15) is 11.3 Å². The zero-order valence-electron chi connectivity index (χ0n) is 21.6. The van der Waals surface area contributed by atoms with Crippen molar-refractivity contribution in [2.24, 2.45) is 5.41 Å². The van der Waals surface area contributed by atoms with Crippen molar-refractivity contribution in [2.75, 3.05) is 39.9 Å². The number of hydrogen-bond acceptors (Lipinski definition) is 7. The van der Waals surface area contributed by atoms with Gasteiger partial charge < -0.3 is 19.3 Å². The molecule has 0 N–H and O–H groups in total. The van der Waals surface area contributed by atoms with Crippen LogP contribution in [-0.2, 0) is 9.53 Å². The van der Waals surface area contributed by atoms with Crippen LogP contribution >= 0.6 is 0 Å². The molecule has 10 heteroatoms. The van der Waals surface area contributed by atoms with Crippen LogP contribution in [0.1, 0.15) is 52.5 Å². The fourth-order valence-electron chi connectivity index (χ4n) is 5.25. The molecule has 0 aliphatic carbocycles. The molecule has 200 valence electrons. The normalized spacial score (nSPS) is 16.6. The summed E-state index contributed by atoms with van der Waals surface area (Å²) in [5, 5.41) is 11.5. The second-order valence-electron chi connectivity index (χ2n) is 9.55. The van der Waals surface area contributed by atoms with E-state index < -0.39 is 22.5 Å². The fourth-order valence-corrected chi connectivity index (χ4v) is 5.25. The SMILES string of the molecule is CCOc1ccccc1C=CC(=O)N1CCC2(CC1)CCN(C(=O)c1cccc([N+](=O)[O-])c1C(=O)OC)C2. The standard InChI is InChI=1S/C28H31N3O7/c1-3-38-23-10-5-4-7-20(23)11-12-24(32)29-16-13-28(14-17-29)15-18-30(19-28)26(33)21-8-6-9-22(31(35)36)25(21)27(34)37-2/h4-12H,3,13-19H2,1-2H3. The van der Waals surface area contributed by atoms with E-state index in [1.165, 1.54) is 18.2 Å². The number of hydrogen-bond donors (Lipinski definition) is 0. The van der Waals surface area contributed by atoms with Gasteiger partial charge in [-0.1, -0.05) is 24.3 Å². The molecule has 2 aliphatic heterocycles. The molecule has 0 bridgehead atoms. The van der Waals surface area contributed by atoms with Gasteiger partial charge in [0.2, 0.25) is 5.91 Å². The summed E-state index contributed by atoms with van der Waals surface area (Å²) in [5.41, 5.74) is -0.115. The minimum Gasteiger partial charge on any atom is -0.493 e. The number of methoxy groups -OCH3 is 1. The smallest absolute Gasteiger partial charge is 0.345 e. The van der Waals surface area contributed by atoms with E-state index >= 15 is 0 Å². The van der Waals surface area contributed by atoms with Gasteiger partial charge in [0.15, 0.2) is 0 Å². The quantitative estimate of drug-likeness (QED) is 0.234. The molecule has 1 spiro atoms. The number of nitrogens with zero attached hydrogens (tertiary/aromatic N) is 3. The minimum atomic E-state index is -0.918. The van der Waals surface area contributed by atoms with Crippen molar-refractivity contribution in [1.29, 1.82) is 0 Å². The highest BCUT2D eigenvalue weighted by atomic mass is 16.6. The first-order chi connectivity index (χ1) is 18.3. The molecule has 2 heterocycles. The Morgan fingerprint density at radius 3 is 2.37 bits per heavy atom. The summed E-state index contributed by atoms with van der Waals surface area (Å²) in [6, 6.07) is 11.6. The van der Waals surface area contributed by atoms with Crippen LogP contribution < -0.4 is 4.74 Å². The predicted octanol–water partition coefficient (Wildman–Crippen LogP) is 3.95. The number of esters is 1. The number of nitro groups is 1. The van der Waals surface area contributed by atoms with Gasteiger partial charge in [-0.15, -0.1) is 0 Å². The van der Waals surface area contributed by atoms with Crippen LogP contribution in [0.4, 0.5) is 5.69 Å². The average Bonchev–Trinajstić information content (AvgIpc) is 3.34. The molecule has 2 aromatic rings. The number of likely N-dealkylation sites (tertiary alicyclic amines) is 2. The summed E-state index contributed by atoms with van der Waals surface area (Å²) in [5.74, 6) is -0.693. The monoisotopic (exact) mass is 521 g/mol. The molecule has 0 aromatic heterocycles. The topological polar surface area (TPSA) is 119 Å². The van der Waals surface area contributed by atoms with E-state index in [-0.39, 0.29) is 22.4 Å². The Bertz CT molecular complexity index is 1260. The molecule has 0 unspecified atom stereocenters. The molecule has 2 amide bonds.